The van der Waals surface area contributed by atoms with Gasteiger partial charge in [0.25, 0.3) is 5.19 Å². The van der Waals surface area contributed by atoms with Crippen LogP contribution in [0.5, 0.6) is 16.7 Å². The molecule has 0 amide bonds. The molecule has 19 heavy (non-hydrogen) atoms. The molecule has 0 atom stereocenters. The maximum atomic E-state index is 5.64. The molecule has 0 radical (unpaired) electrons. The highest BCUT2D eigenvalue weighted by atomic mass is 32.1. The van der Waals surface area contributed by atoms with E-state index in [2.05, 4.69) is 29.8 Å². The summed E-state index contributed by atoms with van der Waals surface area (Å²) in [4.78, 5) is 4.32. The predicted molar refractivity (Wildman–Crippen MR) is 76.2 cm³/mol. The van der Waals surface area contributed by atoms with Gasteiger partial charge in [0.05, 0.1) is 0 Å². The number of benzene rings is 1. The maximum absolute atomic E-state index is 5.64. The second-order valence-electron chi connectivity index (χ2n) is 4.25. The molecule has 1 heterocycles. The zero-order valence-corrected chi connectivity index (χ0v) is 11.8. The molecule has 0 unspecified atom stereocenters. The van der Waals surface area contributed by atoms with Crippen molar-refractivity contribution in [2.75, 3.05) is 6.61 Å². The van der Waals surface area contributed by atoms with Crippen LogP contribution in [0.2, 0.25) is 0 Å². The van der Waals surface area contributed by atoms with Crippen LogP contribution in [0.4, 0.5) is 0 Å². The van der Waals surface area contributed by atoms with Crippen LogP contribution >= 0.6 is 11.5 Å². The van der Waals surface area contributed by atoms with E-state index in [4.69, 9.17) is 9.47 Å². The standard InChI is InChI=1S/C14H16N2O2S/c1-4-9-17-11-5-7-12(8-6-11)18-14-15-13(10(2)3)16-19-14/h4-8,10H,1,9H2,2-3H3. The third-order valence-corrected chi connectivity index (χ3v) is 2.95. The zero-order chi connectivity index (χ0) is 13.7. The van der Waals surface area contributed by atoms with Gasteiger partial charge < -0.3 is 9.47 Å². The molecule has 5 heteroatoms. The molecule has 0 saturated carbocycles. The quantitative estimate of drug-likeness (QED) is 0.747. The Morgan fingerprint density at radius 3 is 2.53 bits per heavy atom. The topological polar surface area (TPSA) is 44.2 Å². The molecule has 0 aliphatic rings. The van der Waals surface area contributed by atoms with Gasteiger partial charge in [-0.05, 0) is 24.3 Å². The second-order valence-corrected chi connectivity index (χ2v) is 4.96. The number of ether oxygens (including phenoxy) is 2. The minimum absolute atomic E-state index is 0.309. The van der Waals surface area contributed by atoms with E-state index in [1.165, 1.54) is 11.5 Å². The molecule has 0 spiro atoms. The van der Waals surface area contributed by atoms with Crippen LogP contribution in [0.25, 0.3) is 0 Å². The van der Waals surface area contributed by atoms with Crippen molar-refractivity contribution in [3.63, 3.8) is 0 Å². The fourth-order valence-electron chi connectivity index (χ4n) is 1.36. The third kappa shape index (κ3) is 3.79. The molecule has 0 aliphatic heterocycles. The van der Waals surface area contributed by atoms with Crippen LogP contribution < -0.4 is 9.47 Å². The molecular formula is C14H16N2O2S. The average Bonchev–Trinajstić information content (AvgIpc) is 2.87. The first-order valence-corrected chi connectivity index (χ1v) is 6.81. The molecule has 2 aromatic rings. The average molecular weight is 276 g/mol. The van der Waals surface area contributed by atoms with Gasteiger partial charge in [-0.15, -0.1) is 0 Å². The highest BCUT2D eigenvalue weighted by Crippen LogP contribution is 2.26. The fourth-order valence-corrected chi connectivity index (χ4v) is 2.05. The summed E-state index contributed by atoms with van der Waals surface area (Å²) in [6, 6.07) is 7.39. The van der Waals surface area contributed by atoms with Gasteiger partial charge in [0.1, 0.15) is 23.9 Å². The van der Waals surface area contributed by atoms with E-state index in [9.17, 15) is 0 Å². The van der Waals surface area contributed by atoms with Crippen molar-refractivity contribution in [3.05, 3.63) is 42.7 Å². The van der Waals surface area contributed by atoms with E-state index < -0.39 is 0 Å². The molecule has 0 saturated heterocycles. The predicted octanol–water partition coefficient (Wildman–Crippen LogP) is 4.02. The summed E-state index contributed by atoms with van der Waals surface area (Å²) in [5.41, 5.74) is 0. The summed E-state index contributed by atoms with van der Waals surface area (Å²) in [6.45, 7) is 8.20. The number of aromatic nitrogens is 2. The Kier molecular flexibility index (Phi) is 4.52. The van der Waals surface area contributed by atoms with Crippen LogP contribution in [-0.4, -0.2) is 16.0 Å². The molecule has 4 nitrogen and oxygen atoms in total. The van der Waals surface area contributed by atoms with Gasteiger partial charge in [0.2, 0.25) is 0 Å². The first-order valence-electron chi connectivity index (χ1n) is 6.04. The van der Waals surface area contributed by atoms with E-state index in [1.807, 2.05) is 24.3 Å². The maximum Gasteiger partial charge on any atom is 0.298 e. The monoisotopic (exact) mass is 276 g/mol. The van der Waals surface area contributed by atoms with E-state index in [0.29, 0.717) is 17.7 Å². The van der Waals surface area contributed by atoms with Gasteiger partial charge >= 0.3 is 0 Å². The molecule has 100 valence electrons. The van der Waals surface area contributed by atoms with Gasteiger partial charge in [-0.2, -0.15) is 9.36 Å². The molecule has 2 rings (SSSR count). The summed E-state index contributed by atoms with van der Waals surface area (Å²) < 4.78 is 15.3. The van der Waals surface area contributed by atoms with E-state index in [-0.39, 0.29) is 0 Å². The molecular weight excluding hydrogens is 260 g/mol. The Hall–Kier alpha value is -1.88. The van der Waals surface area contributed by atoms with Crippen molar-refractivity contribution in [1.29, 1.82) is 0 Å². The van der Waals surface area contributed by atoms with Crippen molar-refractivity contribution in [2.45, 2.75) is 19.8 Å². The highest BCUT2D eigenvalue weighted by Gasteiger charge is 2.09. The van der Waals surface area contributed by atoms with Crippen molar-refractivity contribution in [3.8, 4) is 16.7 Å². The van der Waals surface area contributed by atoms with Crippen LogP contribution in [0.3, 0.4) is 0 Å². The Morgan fingerprint density at radius 1 is 1.26 bits per heavy atom. The summed E-state index contributed by atoms with van der Waals surface area (Å²) in [5, 5.41) is 0.559. The molecule has 1 aromatic carbocycles. The lowest BCUT2D eigenvalue weighted by Gasteiger charge is -2.04. The highest BCUT2D eigenvalue weighted by molar-refractivity contribution is 7.07. The lowest BCUT2D eigenvalue weighted by Crippen LogP contribution is -1.92. The van der Waals surface area contributed by atoms with Crippen LogP contribution in [0.15, 0.2) is 36.9 Å². The normalized spacial score (nSPS) is 10.5. The molecule has 0 N–H and O–H groups in total. The number of hydrogen-bond acceptors (Lipinski definition) is 5. The van der Waals surface area contributed by atoms with E-state index >= 15 is 0 Å². The van der Waals surface area contributed by atoms with Crippen molar-refractivity contribution in [2.24, 2.45) is 0 Å². The van der Waals surface area contributed by atoms with Gasteiger partial charge in [-0.3, -0.25) is 0 Å². The fraction of sp³-hybridized carbons (Fsp3) is 0.286. The van der Waals surface area contributed by atoms with Gasteiger partial charge in [-0.25, -0.2) is 0 Å². The molecule has 1 aromatic heterocycles. The van der Waals surface area contributed by atoms with Crippen molar-refractivity contribution >= 4 is 11.5 Å². The Bertz CT molecular complexity index is 535. The number of rotatable bonds is 6. The largest absolute Gasteiger partial charge is 0.490 e. The van der Waals surface area contributed by atoms with E-state index in [0.717, 1.165) is 17.3 Å². The lowest BCUT2D eigenvalue weighted by atomic mass is 10.2. The summed E-state index contributed by atoms with van der Waals surface area (Å²) >= 11 is 1.26. The van der Waals surface area contributed by atoms with Gasteiger partial charge in [0, 0.05) is 17.5 Å². The Balaban J connectivity index is 2.00. The number of hydrogen-bond donors (Lipinski definition) is 0. The summed E-state index contributed by atoms with van der Waals surface area (Å²) in [7, 11) is 0. The molecule has 0 aliphatic carbocycles. The van der Waals surface area contributed by atoms with Gasteiger partial charge in [-0.1, -0.05) is 26.5 Å². The minimum Gasteiger partial charge on any atom is -0.490 e. The van der Waals surface area contributed by atoms with Crippen molar-refractivity contribution in [1.82, 2.24) is 9.36 Å². The van der Waals surface area contributed by atoms with Crippen LogP contribution in [0, 0.1) is 0 Å². The SMILES string of the molecule is C=CCOc1ccc(Oc2nc(C(C)C)ns2)cc1. The molecule has 0 bridgehead atoms. The summed E-state index contributed by atoms with van der Waals surface area (Å²) in [5.74, 6) is 2.62. The van der Waals surface area contributed by atoms with Gasteiger partial charge in [0.15, 0.2) is 0 Å². The van der Waals surface area contributed by atoms with Crippen LogP contribution in [-0.2, 0) is 0 Å². The Morgan fingerprint density at radius 2 is 1.95 bits per heavy atom. The minimum atomic E-state index is 0.309. The lowest BCUT2D eigenvalue weighted by molar-refractivity contribution is 0.362. The van der Waals surface area contributed by atoms with Crippen molar-refractivity contribution < 1.29 is 9.47 Å². The Labute approximate surface area is 116 Å². The van der Waals surface area contributed by atoms with Crippen LogP contribution in [0.1, 0.15) is 25.6 Å². The number of nitrogens with zero attached hydrogens (tertiary/aromatic N) is 2. The second kappa shape index (κ2) is 6.33. The molecule has 0 fully saturated rings. The third-order valence-electron chi connectivity index (χ3n) is 2.34. The smallest absolute Gasteiger partial charge is 0.298 e. The zero-order valence-electron chi connectivity index (χ0n) is 11.0. The first-order chi connectivity index (χ1) is 9.19. The van der Waals surface area contributed by atoms with E-state index in [1.54, 1.807) is 6.08 Å². The first kappa shape index (κ1) is 13.5. The summed E-state index contributed by atoms with van der Waals surface area (Å²) in [6.07, 6.45) is 1.71.